The van der Waals surface area contributed by atoms with Crippen LogP contribution in [0.2, 0.25) is 0 Å². The van der Waals surface area contributed by atoms with E-state index in [2.05, 4.69) is 170 Å². The molecule has 0 spiro atoms. The third kappa shape index (κ3) is 4.06. The molecule has 0 bridgehead atoms. The van der Waals surface area contributed by atoms with E-state index in [9.17, 15) is 0 Å². The minimum Gasteiger partial charge on any atom is -0.310 e. The van der Waals surface area contributed by atoms with Crippen molar-refractivity contribution in [2.75, 3.05) is 4.90 Å². The van der Waals surface area contributed by atoms with E-state index >= 15 is 0 Å². The number of anilines is 3. The van der Waals surface area contributed by atoms with Gasteiger partial charge in [-0.05, 0) is 86.6 Å². The summed E-state index contributed by atoms with van der Waals surface area (Å²) in [5.41, 5.74) is 11.4. The summed E-state index contributed by atoms with van der Waals surface area (Å²) in [5.74, 6) is 0. The van der Waals surface area contributed by atoms with Gasteiger partial charge in [0.2, 0.25) is 0 Å². The van der Waals surface area contributed by atoms with E-state index in [-0.39, 0.29) is 5.41 Å². The molecular weight excluding hydrogens is 563 g/mol. The lowest BCUT2D eigenvalue weighted by Crippen LogP contribution is -2.14. The van der Waals surface area contributed by atoms with Crippen LogP contribution < -0.4 is 4.90 Å². The quantitative estimate of drug-likeness (QED) is 0.196. The Morgan fingerprint density at radius 2 is 1.11 bits per heavy atom. The average Bonchev–Trinajstić information content (AvgIpc) is 3.57. The Labute approximate surface area is 267 Å². The Bertz CT molecular complexity index is 2400. The summed E-state index contributed by atoms with van der Waals surface area (Å²) in [4.78, 5) is 2.42. The first-order valence-electron chi connectivity index (χ1n) is 15.6. The van der Waals surface area contributed by atoms with Crippen LogP contribution in [-0.4, -0.2) is 0 Å². The monoisotopic (exact) mass is 593 g/mol. The molecule has 0 saturated carbocycles. The molecule has 0 atom stereocenters. The van der Waals surface area contributed by atoms with Crippen LogP contribution in [0.15, 0.2) is 152 Å². The Morgan fingerprint density at radius 3 is 1.98 bits per heavy atom. The van der Waals surface area contributed by atoms with Crippen LogP contribution in [0.4, 0.5) is 17.1 Å². The maximum absolute atomic E-state index is 2.42. The first-order chi connectivity index (χ1) is 22.1. The molecule has 1 aliphatic rings. The third-order valence-electron chi connectivity index (χ3n) is 9.66. The highest BCUT2D eigenvalue weighted by atomic mass is 32.1. The Kier molecular flexibility index (Phi) is 5.78. The summed E-state index contributed by atoms with van der Waals surface area (Å²) in [6.45, 7) is 4.71. The van der Waals surface area contributed by atoms with Gasteiger partial charge in [-0.1, -0.05) is 123 Å². The zero-order valence-electron chi connectivity index (χ0n) is 25.3. The van der Waals surface area contributed by atoms with E-state index < -0.39 is 0 Å². The van der Waals surface area contributed by atoms with Gasteiger partial charge in [0.1, 0.15) is 0 Å². The fraction of sp³-hybridized carbons (Fsp3) is 0.0698. The highest BCUT2D eigenvalue weighted by Crippen LogP contribution is 2.52. The van der Waals surface area contributed by atoms with E-state index in [1.807, 2.05) is 11.3 Å². The Morgan fingerprint density at radius 1 is 0.467 bits per heavy atom. The molecule has 9 rings (SSSR count). The van der Waals surface area contributed by atoms with Gasteiger partial charge < -0.3 is 4.90 Å². The molecule has 0 radical (unpaired) electrons. The Balaban J connectivity index is 1.26. The lowest BCUT2D eigenvalue weighted by atomic mass is 9.82. The molecule has 7 aromatic carbocycles. The maximum atomic E-state index is 2.42. The van der Waals surface area contributed by atoms with Crippen molar-refractivity contribution >= 4 is 59.3 Å². The van der Waals surface area contributed by atoms with Gasteiger partial charge in [0.05, 0.1) is 0 Å². The molecule has 214 valence electrons. The second-order valence-corrected chi connectivity index (χ2v) is 13.7. The van der Waals surface area contributed by atoms with Crippen molar-refractivity contribution in [1.82, 2.24) is 0 Å². The van der Waals surface area contributed by atoms with E-state index in [4.69, 9.17) is 0 Å². The van der Waals surface area contributed by atoms with E-state index in [0.29, 0.717) is 0 Å². The maximum Gasteiger partial charge on any atom is 0.0476 e. The summed E-state index contributed by atoms with van der Waals surface area (Å²) in [5, 5.41) is 5.21. The van der Waals surface area contributed by atoms with Gasteiger partial charge in [-0.2, -0.15) is 0 Å². The van der Waals surface area contributed by atoms with Crippen LogP contribution in [0.3, 0.4) is 0 Å². The van der Waals surface area contributed by atoms with Crippen LogP contribution in [0.25, 0.3) is 53.2 Å². The van der Waals surface area contributed by atoms with Crippen LogP contribution in [0, 0.1) is 0 Å². The topological polar surface area (TPSA) is 3.24 Å². The molecule has 0 amide bonds. The number of benzene rings is 7. The molecule has 1 aliphatic carbocycles. The lowest BCUT2D eigenvalue weighted by Gasteiger charge is -2.27. The molecule has 0 N–H and O–H groups in total. The molecule has 45 heavy (non-hydrogen) atoms. The second-order valence-electron chi connectivity index (χ2n) is 12.6. The van der Waals surface area contributed by atoms with Crippen molar-refractivity contribution in [1.29, 1.82) is 0 Å². The number of hydrogen-bond acceptors (Lipinski definition) is 2. The summed E-state index contributed by atoms with van der Waals surface area (Å²) in [6, 6.07) is 55.8. The predicted octanol–water partition coefficient (Wildman–Crippen LogP) is 12.7. The van der Waals surface area contributed by atoms with Crippen molar-refractivity contribution < 1.29 is 0 Å². The first-order valence-corrected chi connectivity index (χ1v) is 16.4. The predicted molar refractivity (Wildman–Crippen MR) is 195 cm³/mol. The number of fused-ring (bicyclic) bond motifs is 8. The van der Waals surface area contributed by atoms with E-state index in [0.717, 1.165) is 17.1 Å². The van der Waals surface area contributed by atoms with Crippen LogP contribution in [-0.2, 0) is 5.41 Å². The van der Waals surface area contributed by atoms with Gasteiger partial charge in [-0.15, -0.1) is 11.3 Å². The molecule has 0 aliphatic heterocycles. The summed E-state index contributed by atoms with van der Waals surface area (Å²) < 4.78 is 2.63. The van der Waals surface area contributed by atoms with Gasteiger partial charge in [-0.3, -0.25) is 0 Å². The molecule has 1 nitrogen and oxygen atoms in total. The average molecular weight is 594 g/mol. The van der Waals surface area contributed by atoms with Crippen molar-refractivity contribution in [3.05, 3.63) is 163 Å². The normalized spacial score (nSPS) is 13.3. The molecule has 2 heteroatoms. The number of rotatable bonds is 4. The number of nitrogens with zero attached hydrogens (tertiary/aromatic N) is 1. The zero-order valence-corrected chi connectivity index (χ0v) is 26.1. The van der Waals surface area contributed by atoms with Gasteiger partial charge in [-0.25, -0.2) is 0 Å². The van der Waals surface area contributed by atoms with Crippen molar-refractivity contribution in [2.24, 2.45) is 0 Å². The van der Waals surface area contributed by atoms with Crippen LogP contribution in [0.5, 0.6) is 0 Å². The summed E-state index contributed by atoms with van der Waals surface area (Å²) in [6.07, 6.45) is 0. The second kappa shape index (κ2) is 9.92. The largest absolute Gasteiger partial charge is 0.310 e. The minimum atomic E-state index is -0.0324. The molecular formula is C43H31NS. The van der Waals surface area contributed by atoms with E-state index in [1.165, 1.54) is 64.3 Å². The molecule has 0 unspecified atom stereocenters. The summed E-state index contributed by atoms with van der Waals surface area (Å²) in [7, 11) is 0. The lowest BCUT2D eigenvalue weighted by molar-refractivity contribution is 0.661. The Hall–Kier alpha value is -5.18. The third-order valence-corrected chi connectivity index (χ3v) is 10.8. The zero-order chi connectivity index (χ0) is 30.1. The van der Waals surface area contributed by atoms with Crippen LogP contribution in [0.1, 0.15) is 25.0 Å². The van der Waals surface area contributed by atoms with Gasteiger partial charge in [0.25, 0.3) is 0 Å². The fourth-order valence-corrected chi connectivity index (χ4v) is 8.52. The highest BCUT2D eigenvalue weighted by Gasteiger charge is 2.36. The molecule has 0 saturated heterocycles. The standard InChI is InChI=1S/C43H31NS/c1-43(2)38-14-8-6-13-36(38)42-37-26-32(22-18-30(37)19-25-39(42)43)44(31-20-16-29(17-21-31)28-10-4-3-5-11-28)33-23-24-35-34-12-7-9-15-40(34)45-41(35)27-33/h3-27H,1-2H3. The highest BCUT2D eigenvalue weighted by molar-refractivity contribution is 7.25. The number of thiophene rings is 1. The van der Waals surface area contributed by atoms with E-state index in [1.54, 1.807) is 0 Å². The number of hydrogen-bond donors (Lipinski definition) is 0. The van der Waals surface area contributed by atoms with Crippen molar-refractivity contribution in [3.8, 4) is 22.3 Å². The van der Waals surface area contributed by atoms with Crippen molar-refractivity contribution in [3.63, 3.8) is 0 Å². The fourth-order valence-electron chi connectivity index (χ4n) is 7.38. The SMILES string of the molecule is CC1(C)c2ccccc2-c2c1ccc1ccc(N(c3ccc(-c4ccccc4)cc3)c3ccc4c(c3)sc3ccccc34)cc21. The van der Waals surface area contributed by atoms with Gasteiger partial charge in [0.15, 0.2) is 0 Å². The molecule has 1 heterocycles. The van der Waals surface area contributed by atoms with Gasteiger partial charge >= 0.3 is 0 Å². The minimum absolute atomic E-state index is 0.0324. The van der Waals surface area contributed by atoms with Crippen LogP contribution >= 0.6 is 11.3 Å². The molecule has 0 fully saturated rings. The molecule has 8 aromatic rings. The van der Waals surface area contributed by atoms with Gasteiger partial charge in [0, 0.05) is 42.6 Å². The smallest absolute Gasteiger partial charge is 0.0476 e. The first kappa shape index (κ1) is 26.2. The summed E-state index contributed by atoms with van der Waals surface area (Å²) >= 11 is 1.87. The molecule has 1 aromatic heterocycles. The van der Waals surface area contributed by atoms with Crippen molar-refractivity contribution in [2.45, 2.75) is 19.3 Å².